The molecule has 0 bridgehead atoms. The normalized spacial score (nSPS) is 10.0. The molecule has 0 saturated heterocycles. The molecule has 0 spiro atoms. The number of hydrogen-bond donors (Lipinski definition) is 2. The molecule has 0 aromatic heterocycles. The first-order valence-corrected chi connectivity index (χ1v) is 4.36. The second kappa shape index (κ2) is 6.91. The summed E-state index contributed by atoms with van der Waals surface area (Å²) in [5.74, 6) is 0. The Morgan fingerprint density at radius 2 is 2.17 bits per heavy atom. The molecule has 0 heterocycles. The van der Waals surface area contributed by atoms with Gasteiger partial charge in [-0.3, -0.25) is 5.43 Å². The van der Waals surface area contributed by atoms with Crippen molar-refractivity contribution in [1.82, 2.24) is 10.9 Å². The Balaban J connectivity index is 3.20. The number of rotatable bonds is 5. The van der Waals surface area contributed by atoms with Gasteiger partial charge in [-0.15, -0.1) is 0 Å². The van der Waals surface area contributed by atoms with E-state index in [0.29, 0.717) is 0 Å². The van der Waals surface area contributed by atoms with E-state index in [2.05, 4.69) is 17.8 Å². The minimum Gasteiger partial charge on any atom is -0.446 e. The highest BCUT2D eigenvalue weighted by molar-refractivity contribution is 5.66. The van der Waals surface area contributed by atoms with Gasteiger partial charge in [-0.05, 0) is 20.3 Å². The fourth-order valence-electron chi connectivity index (χ4n) is 0.643. The second-order valence-corrected chi connectivity index (χ2v) is 2.86. The number of carbonyl (C=O) groups is 1. The summed E-state index contributed by atoms with van der Waals surface area (Å²) in [4.78, 5) is 10.8. The third-order valence-electron chi connectivity index (χ3n) is 1.19. The Morgan fingerprint density at radius 1 is 1.50 bits per heavy atom. The summed E-state index contributed by atoms with van der Waals surface area (Å²) >= 11 is 0. The standard InChI is InChI=1S/C8H18N2O2/c1-4-5-6-9-10-8(11)12-7(2)3/h7,9H,4-6H2,1-3H3,(H,10,11). The third-order valence-corrected chi connectivity index (χ3v) is 1.19. The van der Waals surface area contributed by atoms with Gasteiger partial charge < -0.3 is 4.74 Å². The molecule has 0 rings (SSSR count). The van der Waals surface area contributed by atoms with Gasteiger partial charge in [0.15, 0.2) is 0 Å². The highest BCUT2D eigenvalue weighted by atomic mass is 16.6. The SMILES string of the molecule is CCCCNNC(=O)OC(C)C. The molecule has 4 heteroatoms. The van der Waals surface area contributed by atoms with Crippen molar-refractivity contribution in [2.24, 2.45) is 0 Å². The monoisotopic (exact) mass is 174 g/mol. The Bertz CT molecular complexity index is 126. The second-order valence-electron chi connectivity index (χ2n) is 2.86. The number of amides is 1. The first-order valence-electron chi connectivity index (χ1n) is 4.36. The number of hydrogen-bond acceptors (Lipinski definition) is 3. The molecular formula is C8H18N2O2. The van der Waals surface area contributed by atoms with Crippen molar-refractivity contribution in [2.75, 3.05) is 6.54 Å². The highest BCUT2D eigenvalue weighted by Gasteiger charge is 2.01. The van der Waals surface area contributed by atoms with Gasteiger partial charge in [0.1, 0.15) is 0 Å². The fourth-order valence-corrected chi connectivity index (χ4v) is 0.643. The van der Waals surface area contributed by atoms with Crippen molar-refractivity contribution >= 4 is 6.09 Å². The van der Waals surface area contributed by atoms with E-state index in [0.717, 1.165) is 19.4 Å². The zero-order chi connectivity index (χ0) is 9.40. The van der Waals surface area contributed by atoms with Gasteiger partial charge in [-0.25, -0.2) is 10.2 Å². The summed E-state index contributed by atoms with van der Waals surface area (Å²) in [5, 5.41) is 0. The average molecular weight is 174 g/mol. The van der Waals surface area contributed by atoms with Crippen LogP contribution in [-0.2, 0) is 4.74 Å². The van der Waals surface area contributed by atoms with Crippen LogP contribution in [0.3, 0.4) is 0 Å². The smallest absolute Gasteiger partial charge is 0.421 e. The molecule has 0 aliphatic heterocycles. The lowest BCUT2D eigenvalue weighted by Crippen LogP contribution is -2.39. The maximum Gasteiger partial charge on any atom is 0.421 e. The fraction of sp³-hybridized carbons (Fsp3) is 0.875. The summed E-state index contributed by atoms with van der Waals surface area (Å²) < 4.78 is 4.82. The molecular weight excluding hydrogens is 156 g/mol. The molecule has 0 radical (unpaired) electrons. The van der Waals surface area contributed by atoms with Crippen LogP contribution in [0.1, 0.15) is 33.6 Å². The molecule has 1 amide bonds. The van der Waals surface area contributed by atoms with Crippen LogP contribution in [0.4, 0.5) is 4.79 Å². The Labute approximate surface area is 73.6 Å². The van der Waals surface area contributed by atoms with Crippen molar-refractivity contribution in [3.63, 3.8) is 0 Å². The lowest BCUT2D eigenvalue weighted by Gasteiger charge is -2.09. The van der Waals surface area contributed by atoms with Gasteiger partial charge in [-0.1, -0.05) is 13.3 Å². The van der Waals surface area contributed by atoms with E-state index < -0.39 is 6.09 Å². The zero-order valence-corrected chi connectivity index (χ0v) is 8.02. The minimum atomic E-state index is -0.416. The lowest BCUT2D eigenvalue weighted by molar-refractivity contribution is 0.111. The van der Waals surface area contributed by atoms with Gasteiger partial charge in [0.05, 0.1) is 6.10 Å². The molecule has 4 nitrogen and oxygen atoms in total. The molecule has 0 aromatic carbocycles. The van der Waals surface area contributed by atoms with Gasteiger partial charge in [-0.2, -0.15) is 0 Å². The zero-order valence-electron chi connectivity index (χ0n) is 8.02. The quantitative estimate of drug-likeness (QED) is 0.489. The predicted octanol–water partition coefficient (Wildman–Crippen LogP) is 1.43. The van der Waals surface area contributed by atoms with Crippen LogP contribution < -0.4 is 10.9 Å². The number of ether oxygens (including phenoxy) is 1. The van der Waals surface area contributed by atoms with Crippen molar-refractivity contribution in [2.45, 2.75) is 39.7 Å². The molecule has 2 N–H and O–H groups in total. The van der Waals surface area contributed by atoms with Gasteiger partial charge >= 0.3 is 6.09 Å². The Hall–Kier alpha value is -0.770. The van der Waals surface area contributed by atoms with Gasteiger partial charge in [0.2, 0.25) is 0 Å². The first-order chi connectivity index (χ1) is 5.66. The Kier molecular flexibility index (Phi) is 6.47. The molecule has 12 heavy (non-hydrogen) atoms. The van der Waals surface area contributed by atoms with Gasteiger partial charge in [0, 0.05) is 6.54 Å². The van der Waals surface area contributed by atoms with Crippen molar-refractivity contribution in [3.8, 4) is 0 Å². The molecule has 0 aliphatic rings. The summed E-state index contributed by atoms with van der Waals surface area (Å²) in [6, 6.07) is 0. The number of carbonyl (C=O) groups excluding carboxylic acids is 1. The summed E-state index contributed by atoms with van der Waals surface area (Å²) in [5.41, 5.74) is 5.20. The predicted molar refractivity (Wildman–Crippen MR) is 47.7 cm³/mol. The maximum atomic E-state index is 10.8. The van der Waals surface area contributed by atoms with E-state index in [-0.39, 0.29) is 6.10 Å². The lowest BCUT2D eigenvalue weighted by atomic mass is 10.3. The topological polar surface area (TPSA) is 50.4 Å². The summed E-state index contributed by atoms with van der Waals surface area (Å²) in [7, 11) is 0. The molecule has 0 aromatic rings. The van der Waals surface area contributed by atoms with Crippen LogP contribution in [0.2, 0.25) is 0 Å². The van der Waals surface area contributed by atoms with Crippen LogP contribution in [-0.4, -0.2) is 18.7 Å². The number of unbranched alkanes of at least 4 members (excludes halogenated alkanes) is 1. The van der Waals surface area contributed by atoms with Crippen LogP contribution in [0.25, 0.3) is 0 Å². The number of nitrogens with one attached hydrogen (secondary N) is 2. The molecule has 0 fully saturated rings. The minimum absolute atomic E-state index is 0.0713. The molecule has 0 saturated carbocycles. The van der Waals surface area contributed by atoms with E-state index in [1.807, 2.05) is 13.8 Å². The van der Waals surface area contributed by atoms with Crippen LogP contribution >= 0.6 is 0 Å². The van der Waals surface area contributed by atoms with Crippen molar-refractivity contribution in [1.29, 1.82) is 0 Å². The summed E-state index contributed by atoms with van der Waals surface area (Å²) in [6.07, 6.45) is 1.66. The van der Waals surface area contributed by atoms with E-state index in [1.165, 1.54) is 0 Å². The highest BCUT2D eigenvalue weighted by Crippen LogP contribution is 1.87. The first kappa shape index (κ1) is 11.2. The van der Waals surface area contributed by atoms with E-state index in [4.69, 9.17) is 4.74 Å². The van der Waals surface area contributed by atoms with Crippen LogP contribution in [0, 0.1) is 0 Å². The average Bonchev–Trinajstić information content (AvgIpc) is 1.97. The molecule has 72 valence electrons. The van der Waals surface area contributed by atoms with E-state index >= 15 is 0 Å². The van der Waals surface area contributed by atoms with Crippen LogP contribution in [0.15, 0.2) is 0 Å². The van der Waals surface area contributed by atoms with Crippen molar-refractivity contribution in [3.05, 3.63) is 0 Å². The summed E-state index contributed by atoms with van der Waals surface area (Å²) in [6.45, 7) is 6.50. The molecule has 0 unspecified atom stereocenters. The molecule has 0 atom stereocenters. The van der Waals surface area contributed by atoms with E-state index in [1.54, 1.807) is 0 Å². The molecule has 0 aliphatic carbocycles. The number of hydrazine groups is 1. The van der Waals surface area contributed by atoms with E-state index in [9.17, 15) is 4.79 Å². The van der Waals surface area contributed by atoms with Crippen LogP contribution in [0.5, 0.6) is 0 Å². The largest absolute Gasteiger partial charge is 0.446 e. The maximum absolute atomic E-state index is 10.8. The van der Waals surface area contributed by atoms with Crippen molar-refractivity contribution < 1.29 is 9.53 Å². The van der Waals surface area contributed by atoms with Gasteiger partial charge in [0.25, 0.3) is 0 Å². The Morgan fingerprint density at radius 3 is 2.67 bits per heavy atom. The third kappa shape index (κ3) is 7.34.